The monoisotopic (exact) mass is 441 g/mol. The fraction of sp³-hybridized carbons (Fsp3) is 0.214. The van der Waals surface area contributed by atoms with Gasteiger partial charge < -0.3 is 14.6 Å². The van der Waals surface area contributed by atoms with Crippen molar-refractivity contribution >= 4 is 16.7 Å². The van der Waals surface area contributed by atoms with Crippen LogP contribution in [0.2, 0.25) is 0 Å². The van der Waals surface area contributed by atoms with Crippen LogP contribution in [0.1, 0.15) is 28.8 Å². The number of ether oxygens (including phenoxy) is 2. The number of nitrogens with zero attached hydrogens (tertiary/aromatic N) is 1. The number of aliphatic carboxylic acids is 1. The molecule has 0 atom stereocenters. The van der Waals surface area contributed by atoms with E-state index in [0.717, 1.165) is 29.0 Å². The molecule has 0 amide bonds. The van der Waals surface area contributed by atoms with E-state index in [1.807, 2.05) is 49.4 Å². The maximum absolute atomic E-state index is 11.1. The smallest absolute Gasteiger partial charge is 0.303 e. The number of rotatable bonds is 10. The fourth-order valence-electron chi connectivity index (χ4n) is 3.73. The standard InChI is InChI=1S/C28H27NO4/c1-20-26(7-4-15-29-20)33-19-22-9-11-24(12-13-28(30)31)27(18-22)32-16-14-21-8-10-23-5-2-3-6-25(23)17-21/h2-11,15,17-18H,12-14,16,19H2,1H3,(H,30,31). The molecule has 0 bridgehead atoms. The van der Waals surface area contributed by atoms with Gasteiger partial charge in [0.15, 0.2) is 0 Å². The molecule has 1 heterocycles. The average Bonchev–Trinajstić information content (AvgIpc) is 2.83. The van der Waals surface area contributed by atoms with E-state index in [0.29, 0.717) is 25.4 Å². The number of aryl methyl sites for hydroxylation is 2. The Hall–Kier alpha value is -3.86. The molecular formula is C28H27NO4. The Bertz CT molecular complexity index is 1250. The number of carboxylic acid groups (broad SMARTS) is 1. The van der Waals surface area contributed by atoms with Crippen molar-refractivity contribution in [1.82, 2.24) is 4.98 Å². The molecule has 0 saturated carbocycles. The molecule has 168 valence electrons. The molecule has 0 aliphatic carbocycles. The van der Waals surface area contributed by atoms with Crippen LogP contribution in [0.3, 0.4) is 0 Å². The van der Waals surface area contributed by atoms with Gasteiger partial charge in [-0.15, -0.1) is 0 Å². The molecular weight excluding hydrogens is 414 g/mol. The molecule has 1 N–H and O–H groups in total. The van der Waals surface area contributed by atoms with Crippen LogP contribution in [-0.2, 0) is 24.2 Å². The minimum absolute atomic E-state index is 0.0613. The highest BCUT2D eigenvalue weighted by molar-refractivity contribution is 5.83. The Morgan fingerprint density at radius 1 is 0.848 bits per heavy atom. The van der Waals surface area contributed by atoms with Gasteiger partial charge in [-0.25, -0.2) is 0 Å². The van der Waals surface area contributed by atoms with E-state index in [-0.39, 0.29) is 6.42 Å². The van der Waals surface area contributed by atoms with Gasteiger partial charge in [0.1, 0.15) is 18.1 Å². The Balaban J connectivity index is 1.45. The normalized spacial score (nSPS) is 10.8. The minimum Gasteiger partial charge on any atom is -0.493 e. The number of fused-ring (bicyclic) bond motifs is 1. The second-order valence-electron chi connectivity index (χ2n) is 7.99. The summed E-state index contributed by atoms with van der Waals surface area (Å²) in [4.78, 5) is 15.3. The molecule has 4 aromatic rings. The minimum atomic E-state index is -0.823. The number of benzene rings is 3. The number of hydrogen-bond donors (Lipinski definition) is 1. The van der Waals surface area contributed by atoms with Crippen molar-refractivity contribution in [2.45, 2.75) is 32.8 Å². The van der Waals surface area contributed by atoms with Gasteiger partial charge in [-0.1, -0.05) is 54.6 Å². The molecule has 0 saturated heterocycles. The average molecular weight is 442 g/mol. The van der Waals surface area contributed by atoms with Crippen LogP contribution in [0.4, 0.5) is 0 Å². The molecule has 0 spiro atoms. The van der Waals surface area contributed by atoms with E-state index in [2.05, 4.69) is 35.3 Å². The summed E-state index contributed by atoms with van der Waals surface area (Å²) in [6.45, 7) is 2.79. The molecule has 0 radical (unpaired) electrons. The first-order valence-corrected chi connectivity index (χ1v) is 11.1. The SMILES string of the molecule is Cc1ncccc1OCc1ccc(CCC(=O)O)c(OCCc2ccc3ccccc3c2)c1. The third-order valence-corrected chi connectivity index (χ3v) is 5.55. The first kappa shape index (κ1) is 22.3. The van der Waals surface area contributed by atoms with Crippen molar-refractivity contribution in [3.63, 3.8) is 0 Å². The van der Waals surface area contributed by atoms with Gasteiger partial charge in [-0.05, 0) is 59.0 Å². The molecule has 1 aromatic heterocycles. The Morgan fingerprint density at radius 3 is 2.48 bits per heavy atom. The summed E-state index contributed by atoms with van der Waals surface area (Å²) < 4.78 is 12.1. The van der Waals surface area contributed by atoms with Gasteiger partial charge in [0.05, 0.1) is 12.3 Å². The van der Waals surface area contributed by atoms with Crippen molar-refractivity contribution in [1.29, 1.82) is 0 Å². The van der Waals surface area contributed by atoms with Gasteiger partial charge in [0, 0.05) is 19.0 Å². The summed E-state index contributed by atoms with van der Waals surface area (Å²) in [5.74, 6) is 0.629. The molecule has 3 aromatic carbocycles. The molecule has 0 aliphatic rings. The number of pyridine rings is 1. The van der Waals surface area contributed by atoms with Crippen molar-refractivity contribution < 1.29 is 19.4 Å². The zero-order valence-corrected chi connectivity index (χ0v) is 18.7. The van der Waals surface area contributed by atoms with E-state index in [1.165, 1.54) is 16.3 Å². The van der Waals surface area contributed by atoms with Gasteiger partial charge in [0.25, 0.3) is 0 Å². The summed E-state index contributed by atoms with van der Waals surface area (Å²) in [6.07, 6.45) is 2.98. The van der Waals surface area contributed by atoms with Crippen molar-refractivity contribution in [2.24, 2.45) is 0 Å². The summed E-state index contributed by atoms with van der Waals surface area (Å²) in [6, 6.07) is 24.3. The van der Waals surface area contributed by atoms with Gasteiger partial charge in [-0.2, -0.15) is 0 Å². The van der Waals surface area contributed by atoms with E-state index < -0.39 is 5.97 Å². The lowest BCUT2D eigenvalue weighted by Crippen LogP contribution is -2.06. The number of aromatic nitrogens is 1. The Labute approximate surface area is 193 Å². The van der Waals surface area contributed by atoms with Crippen LogP contribution < -0.4 is 9.47 Å². The molecule has 5 nitrogen and oxygen atoms in total. The van der Waals surface area contributed by atoms with Crippen LogP contribution in [0, 0.1) is 6.92 Å². The van der Waals surface area contributed by atoms with Crippen LogP contribution >= 0.6 is 0 Å². The summed E-state index contributed by atoms with van der Waals surface area (Å²) in [7, 11) is 0. The van der Waals surface area contributed by atoms with Crippen LogP contribution in [0.15, 0.2) is 79.0 Å². The molecule has 4 rings (SSSR count). The van der Waals surface area contributed by atoms with Crippen LogP contribution in [-0.4, -0.2) is 22.7 Å². The predicted octanol–water partition coefficient (Wildman–Crippen LogP) is 5.76. The quantitative estimate of drug-likeness (QED) is 0.339. The largest absolute Gasteiger partial charge is 0.493 e. The van der Waals surface area contributed by atoms with Crippen molar-refractivity contribution in [2.75, 3.05) is 6.61 Å². The lowest BCUT2D eigenvalue weighted by atomic mass is 10.0. The van der Waals surface area contributed by atoms with E-state index in [1.54, 1.807) is 6.20 Å². The zero-order valence-electron chi connectivity index (χ0n) is 18.7. The Kier molecular flexibility index (Phi) is 7.20. The lowest BCUT2D eigenvalue weighted by Gasteiger charge is -2.14. The van der Waals surface area contributed by atoms with Crippen molar-refractivity contribution in [3.8, 4) is 11.5 Å². The number of hydrogen-bond acceptors (Lipinski definition) is 4. The van der Waals surface area contributed by atoms with E-state index in [9.17, 15) is 4.79 Å². The fourth-order valence-corrected chi connectivity index (χ4v) is 3.73. The second-order valence-corrected chi connectivity index (χ2v) is 7.99. The molecule has 5 heteroatoms. The van der Waals surface area contributed by atoms with Gasteiger partial charge in [0.2, 0.25) is 0 Å². The lowest BCUT2D eigenvalue weighted by molar-refractivity contribution is -0.136. The summed E-state index contributed by atoms with van der Waals surface area (Å²) in [5, 5.41) is 11.5. The zero-order chi connectivity index (χ0) is 23.0. The van der Waals surface area contributed by atoms with E-state index in [4.69, 9.17) is 14.6 Å². The summed E-state index contributed by atoms with van der Waals surface area (Å²) >= 11 is 0. The van der Waals surface area contributed by atoms with Gasteiger partial charge >= 0.3 is 5.97 Å². The summed E-state index contributed by atoms with van der Waals surface area (Å²) in [5.41, 5.74) is 3.88. The maximum Gasteiger partial charge on any atom is 0.303 e. The highest BCUT2D eigenvalue weighted by Gasteiger charge is 2.10. The topological polar surface area (TPSA) is 68.7 Å². The predicted molar refractivity (Wildman–Crippen MR) is 129 cm³/mol. The first-order chi connectivity index (χ1) is 16.1. The third-order valence-electron chi connectivity index (χ3n) is 5.55. The molecule has 0 unspecified atom stereocenters. The molecule has 33 heavy (non-hydrogen) atoms. The Morgan fingerprint density at radius 2 is 1.67 bits per heavy atom. The van der Waals surface area contributed by atoms with Crippen LogP contribution in [0.25, 0.3) is 10.8 Å². The van der Waals surface area contributed by atoms with E-state index >= 15 is 0 Å². The highest BCUT2D eigenvalue weighted by atomic mass is 16.5. The third kappa shape index (κ3) is 6.10. The number of carboxylic acids is 1. The maximum atomic E-state index is 11.1. The number of carbonyl (C=O) groups is 1. The second kappa shape index (κ2) is 10.6. The molecule has 0 aliphatic heterocycles. The van der Waals surface area contributed by atoms with Crippen LogP contribution in [0.5, 0.6) is 11.5 Å². The van der Waals surface area contributed by atoms with Gasteiger partial charge in [-0.3, -0.25) is 9.78 Å². The molecule has 0 fully saturated rings. The van der Waals surface area contributed by atoms with Crippen molar-refractivity contribution in [3.05, 3.63) is 101 Å². The first-order valence-electron chi connectivity index (χ1n) is 11.1. The highest BCUT2D eigenvalue weighted by Crippen LogP contribution is 2.25.